The van der Waals surface area contributed by atoms with Gasteiger partial charge in [-0.3, -0.25) is 14.4 Å². The van der Waals surface area contributed by atoms with Crippen molar-refractivity contribution in [1.82, 2.24) is 0 Å². The van der Waals surface area contributed by atoms with Gasteiger partial charge in [0.2, 0.25) is 0 Å². The number of esters is 1. The van der Waals surface area contributed by atoms with Gasteiger partial charge in [0.1, 0.15) is 5.76 Å². The highest BCUT2D eigenvalue weighted by Crippen LogP contribution is 2.63. The van der Waals surface area contributed by atoms with E-state index in [0.717, 1.165) is 6.42 Å². The molecule has 0 saturated heterocycles. The first kappa shape index (κ1) is 25.2. The van der Waals surface area contributed by atoms with Crippen molar-refractivity contribution in [2.75, 3.05) is 0 Å². The highest BCUT2D eigenvalue weighted by molar-refractivity contribution is 6.30. The van der Waals surface area contributed by atoms with Crippen LogP contribution in [0.4, 0.5) is 0 Å². The van der Waals surface area contributed by atoms with Gasteiger partial charge >= 0.3 is 5.97 Å². The average molecular weight is 445 g/mol. The minimum atomic E-state index is -1.72. The van der Waals surface area contributed by atoms with E-state index in [-0.39, 0.29) is 56.9 Å². The summed E-state index contributed by atoms with van der Waals surface area (Å²) in [6.45, 7) is 25.0. The topological polar surface area (TPSA) is 60.4 Å². The van der Waals surface area contributed by atoms with Crippen molar-refractivity contribution in [3.63, 3.8) is 0 Å². The maximum absolute atomic E-state index is 14.5. The maximum atomic E-state index is 14.5. The Balaban J connectivity index is 2.29. The van der Waals surface area contributed by atoms with Gasteiger partial charge in [0.25, 0.3) is 0 Å². The first-order chi connectivity index (χ1) is 14.2. The molecule has 4 nitrogen and oxygen atoms in total. The molecule has 0 bridgehead atoms. The molecule has 0 aromatic carbocycles. The summed E-state index contributed by atoms with van der Waals surface area (Å²) in [5.74, 6) is -1.35. The van der Waals surface area contributed by atoms with Crippen LogP contribution in [-0.2, 0) is 19.1 Å². The quantitative estimate of drug-likeness (QED) is 0.321. The molecule has 1 heterocycles. The first-order valence-electron chi connectivity index (χ1n) is 12.2. The summed E-state index contributed by atoms with van der Waals surface area (Å²) in [4.78, 5) is 42.5. The zero-order valence-electron chi connectivity index (χ0n) is 22.4. The molecule has 0 radical (unpaired) electrons. The van der Waals surface area contributed by atoms with Crippen molar-refractivity contribution in [2.24, 2.45) is 50.7 Å². The van der Waals surface area contributed by atoms with Crippen LogP contribution in [0.3, 0.4) is 0 Å². The monoisotopic (exact) mass is 444 g/mol. The Bertz CT molecular complexity index is 878. The van der Waals surface area contributed by atoms with Gasteiger partial charge in [-0.1, -0.05) is 83.1 Å². The Labute approximate surface area is 194 Å². The summed E-state index contributed by atoms with van der Waals surface area (Å²) >= 11 is 0. The lowest BCUT2D eigenvalue weighted by Crippen LogP contribution is -2.56. The third-order valence-corrected chi connectivity index (χ3v) is 8.41. The van der Waals surface area contributed by atoms with Gasteiger partial charge < -0.3 is 4.74 Å². The van der Waals surface area contributed by atoms with Gasteiger partial charge in [-0.05, 0) is 46.3 Å². The highest BCUT2D eigenvalue weighted by Gasteiger charge is 2.72. The molecule has 0 N–H and O–H groups in total. The predicted molar refractivity (Wildman–Crippen MR) is 127 cm³/mol. The van der Waals surface area contributed by atoms with Crippen molar-refractivity contribution in [3.8, 4) is 0 Å². The molecule has 4 heteroatoms. The Morgan fingerprint density at radius 3 is 1.53 bits per heavy atom. The van der Waals surface area contributed by atoms with Crippen LogP contribution in [-0.4, -0.2) is 17.5 Å². The number of carbonyl (C=O) groups excluding carboxylic acids is 3. The summed E-state index contributed by atoms with van der Waals surface area (Å²) in [7, 11) is 0. The molecule has 3 aliphatic rings. The fourth-order valence-electron chi connectivity index (χ4n) is 6.46. The fourth-order valence-corrected chi connectivity index (χ4v) is 6.46. The summed E-state index contributed by atoms with van der Waals surface area (Å²) in [5.41, 5.74) is -2.14. The third kappa shape index (κ3) is 3.51. The second-order valence-corrected chi connectivity index (χ2v) is 14.8. The molecule has 1 fully saturated rings. The van der Waals surface area contributed by atoms with Crippen LogP contribution in [0, 0.1) is 50.7 Å². The minimum Gasteiger partial charge on any atom is -0.429 e. The molecule has 3 rings (SSSR count). The Morgan fingerprint density at radius 2 is 1.12 bits per heavy atom. The first-order valence-corrected chi connectivity index (χ1v) is 12.2. The number of Topliss-reactive ketones (excluding diaryl/α,β-unsaturated/α-hetero) is 2. The summed E-state index contributed by atoms with van der Waals surface area (Å²) < 4.78 is 6.14. The van der Waals surface area contributed by atoms with Crippen molar-refractivity contribution in [3.05, 3.63) is 11.3 Å². The van der Waals surface area contributed by atoms with Crippen LogP contribution in [0.1, 0.15) is 95.9 Å². The zero-order valence-corrected chi connectivity index (χ0v) is 22.4. The third-order valence-electron chi connectivity index (χ3n) is 8.41. The molecule has 0 amide bonds. The van der Waals surface area contributed by atoms with E-state index in [2.05, 4.69) is 41.5 Å². The molecule has 0 aromatic heterocycles. The summed E-state index contributed by atoms with van der Waals surface area (Å²) in [5, 5.41) is 0. The normalized spacial score (nSPS) is 34.4. The van der Waals surface area contributed by atoms with Crippen molar-refractivity contribution < 1.29 is 19.1 Å². The van der Waals surface area contributed by atoms with E-state index in [4.69, 9.17) is 4.74 Å². The van der Waals surface area contributed by atoms with Crippen molar-refractivity contribution in [2.45, 2.75) is 95.9 Å². The zero-order chi connectivity index (χ0) is 24.8. The Morgan fingerprint density at radius 1 is 0.656 bits per heavy atom. The number of ether oxygens (including phenoxy) is 1. The van der Waals surface area contributed by atoms with Gasteiger partial charge in [0.15, 0.2) is 17.0 Å². The number of carbonyl (C=O) groups is 3. The summed E-state index contributed by atoms with van der Waals surface area (Å²) in [6.07, 6.45) is 1.31. The van der Waals surface area contributed by atoms with Crippen LogP contribution in [0.25, 0.3) is 0 Å². The minimum absolute atomic E-state index is 0.0185. The van der Waals surface area contributed by atoms with Gasteiger partial charge in [0, 0.05) is 17.4 Å². The number of hydrogen-bond acceptors (Lipinski definition) is 4. The smallest absolute Gasteiger partial charge is 0.333 e. The maximum Gasteiger partial charge on any atom is 0.333 e. The van der Waals surface area contributed by atoms with Gasteiger partial charge in [0.05, 0.1) is 0 Å². The Hall–Kier alpha value is -1.45. The predicted octanol–water partition coefficient (Wildman–Crippen LogP) is 6.38. The molecule has 2 aliphatic carbocycles. The largest absolute Gasteiger partial charge is 0.429 e. The van der Waals surface area contributed by atoms with E-state index in [9.17, 15) is 14.4 Å². The van der Waals surface area contributed by atoms with E-state index < -0.39 is 11.4 Å². The van der Waals surface area contributed by atoms with E-state index in [1.807, 2.05) is 41.5 Å². The van der Waals surface area contributed by atoms with Gasteiger partial charge in [-0.2, -0.15) is 0 Å². The molecule has 1 spiro atoms. The molecule has 0 unspecified atom stereocenters. The fraction of sp³-hybridized carbons (Fsp3) is 0.821. The second-order valence-electron chi connectivity index (χ2n) is 14.8. The molecule has 180 valence electrons. The lowest BCUT2D eigenvalue weighted by Gasteiger charge is -2.42. The van der Waals surface area contributed by atoms with Crippen LogP contribution >= 0.6 is 0 Å². The standard InChI is InChI=1S/C28H44O4/c1-24(2,3)15-13-16(25(4,5)6)20-19(15)22(30)28(23(31)32-20)18(27(10,11)12)14-17(21(28)29)26(7,8)9/h15-18H,13-14H2,1-12H3/t15-,16-,17+,18+,28+/m0/s1. The van der Waals surface area contributed by atoms with Crippen LogP contribution in [0.5, 0.6) is 0 Å². The number of hydrogen-bond donors (Lipinski definition) is 0. The van der Waals surface area contributed by atoms with E-state index in [1.54, 1.807) is 0 Å². The Kier molecular flexibility index (Phi) is 5.53. The summed E-state index contributed by atoms with van der Waals surface area (Å²) in [6, 6.07) is 0. The van der Waals surface area contributed by atoms with Crippen molar-refractivity contribution in [1.29, 1.82) is 0 Å². The van der Waals surface area contributed by atoms with E-state index >= 15 is 0 Å². The molecule has 0 aromatic rings. The molecule has 1 aliphatic heterocycles. The average Bonchev–Trinajstić information content (AvgIpc) is 3.08. The molecule has 32 heavy (non-hydrogen) atoms. The van der Waals surface area contributed by atoms with Gasteiger partial charge in [-0.25, -0.2) is 0 Å². The van der Waals surface area contributed by atoms with Crippen LogP contribution in [0.2, 0.25) is 0 Å². The second kappa shape index (κ2) is 7.03. The number of ketones is 2. The molecular weight excluding hydrogens is 400 g/mol. The molecule has 1 saturated carbocycles. The number of allylic oxidation sites excluding steroid dienone is 2. The van der Waals surface area contributed by atoms with Crippen molar-refractivity contribution >= 4 is 17.5 Å². The van der Waals surface area contributed by atoms with Crippen LogP contribution < -0.4 is 0 Å². The number of rotatable bonds is 0. The lowest BCUT2D eigenvalue weighted by molar-refractivity contribution is -0.168. The lowest BCUT2D eigenvalue weighted by atomic mass is 9.60. The van der Waals surface area contributed by atoms with Crippen LogP contribution in [0.15, 0.2) is 11.3 Å². The van der Waals surface area contributed by atoms with E-state index in [1.165, 1.54) is 0 Å². The highest BCUT2D eigenvalue weighted by atomic mass is 16.5. The molecule has 5 atom stereocenters. The SMILES string of the molecule is CC(C)(C)[C@@H]1C[C@H](C(C)(C)C)[C@@]2(C(=O)OC3=C(C2=O)[C@@H](C(C)(C)C)C[C@@H]3C(C)(C)C)C1=O. The van der Waals surface area contributed by atoms with Gasteiger partial charge in [-0.15, -0.1) is 0 Å². The van der Waals surface area contributed by atoms with E-state index in [0.29, 0.717) is 17.8 Å². The molecular formula is C28H44O4.